The van der Waals surface area contributed by atoms with Crippen molar-refractivity contribution >= 4 is 28.8 Å². The number of carbonyl (C=O) groups excluding carboxylic acids is 2. The first-order valence-corrected chi connectivity index (χ1v) is 11.4. The first kappa shape index (κ1) is 22.5. The molecule has 35 heavy (non-hydrogen) atoms. The Hall–Kier alpha value is -4.33. The number of carbonyl (C=O) groups is 2. The third-order valence-electron chi connectivity index (χ3n) is 6.22. The molecule has 0 spiro atoms. The van der Waals surface area contributed by atoms with Gasteiger partial charge < -0.3 is 19.5 Å². The zero-order chi connectivity index (χ0) is 24.5. The van der Waals surface area contributed by atoms with Gasteiger partial charge in [0.1, 0.15) is 23.9 Å². The van der Waals surface area contributed by atoms with Crippen molar-refractivity contribution in [2.45, 2.75) is 13.0 Å². The van der Waals surface area contributed by atoms with E-state index in [9.17, 15) is 14.7 Å². The Balaban J connectivity index is 1.64. The molecule has 8 nitrogen and oxygen atoms in total. The molecule has 0 aliphatic carbocycles. The molecule has 1 unspecified atom stereocenters. The summed E-state index contributed by atoms with van der Waals surface area (Å²) in [6, 6.07) is 14.9. The lowest BCUT2D eigenvalue weighted by Crippen LogP contribution is -2.29. The van der Waals surface area contributed by atoms with Gasteiger partial charge in [0.05, 0.1) is 30.5 Å². The van der Waals surface area contributed by atoms with Gasteiger partial charge in [-0.25, -0.2) is 0 Å². The number of ether oxygens (including phenoxy) is 2. The first-order valence-electron chi connectivity index (χ1n) is 11.4. The van der Waals surface area contributed by atoms with E-state index in [-0.39, 0.29) is 11.3 Å². The van der Waals surface area contributed by atoms with Gasteiger partial charge in [-0.05, 0) is 67.1 Å². The number of aliphatic hydroxyl groups excluding tert-OH is 1. The van der Waals surface area contributed by atoms with Gasteiger partial charge in [0.2, 0.25) is 0 Å². The second-order valence-electron chi connectivity index (χ2n) is 8.33. The maximum Gasteiger partial charge on any atom is 0.300 e. The molecule has 2 aromatic carbocycles. The van der Waals surface area contributed by atoms with E-state index >= 15 is 0 Å². The molecular weight excluding hydrogens is 446 g/mol. The van der Waals surface area contributed by atoms with Gasteiger partial charge in [-0.1, -0.05) is 0 Å². The Morgan fingerprint density at radius 3 is 2.57 bits per heavy atom. The standard InChI is InChI=1S/C27H25N3O5/c1-3-34-20-7-5-19(6-8-20)30-24(17-10-12-28-13-11-17)23(26(32)27(30)33)25(31)18-4-9-22-21(16-18)29(2)14-15-35-22/h4-13,16,24,31H,3,14-15H2,1-2H3/b25-23-. The summed E-state index contributed by atoms with van der Waals surface area (Å²) in [7, 11) is 1.94. The second-order valence-corrected chi connectivity index (χ2v) is 8.33. The topological polar surface area (TPSA) is 92.2 Å². The SMILES string of the molecule is CCOc1ccc(N2C(=O)C(=O)/C(=C(\O)c3ccc4c(c3)N(C)CCO4)C2c2ccncc2)cc1. The number of hydrogen-bond acceptors (Lipinski definition) is 7. The van der Waals surface area contributed by atoms with Crippen LogP contribution in [-0.2, 0) is 9.59 Å². The molecule has 2 aliphatic heterocycles. The van der Waals surface area contributed by atoms with Crippen molar-refractivity contribution in [3.8, 4) is 11.5 Å². The number of nitrogens with zero attached hydrogens (tertiary/aromatic N) is 3. The number of anilines is 2. The van der Waals surface area contributed by atoms with Gasteiger partial charge >= 0.3 is 0 Å². The van der Waals surface area contributed by atoms with Gasteiger partial charge in [0, 0.05) is 30.7 Å². The summed E-state index contributed by atoms with van der Waals surface area (Å²) in [6.45, 7) is 3.68. The number of pyridine rings is 1. The van der Waals surface area contributed by atoms with Gasteiger partial charge in [0.25, 0.3) is 11.7 Å². The number of aliphatic hydroxyl groups is 1. The summed E-state index contributed by atoms with van der Waals surface area (Å²) in [5.41, 5.74) is 2.45. The fourth-order valence-electron chi connectivity index (χ4n) is 4.48. The Bertz CT molecular complexity index is 1300. The highest BCUT2D eigenvalue weighted by atomic mass is 16.5. The number of rotatable bonds is 5. The molecule has 0 radical (unpaired) electrons. The molecule has 178 valence electrons. The monoisotopic (exact) mass is 471 g/mol. The largest absolute Gasteiger partial charge is 0.507 e. The molecule has 1 aromatic heterocycles. The maximum absolute atomic E-state index is 13.3. The number of ketones is 1. The number of Topliss-reactive ketones (excluding diaryl/α,β-unsaturated/α-hetero) is 1. The van der Waals surface area contributed by atoms with Gasteiger partial charge in [-0.3, -0.25) is 19.5 Å². The summed E-state index contributed by atoms with van der Waals surface area (Å²) in [5.74, 6) is -0.332. The molecule has 5 rings (SSSR count). The minimum Gasteiger partial charge on any atom is -0.507 e. The van der Waals surface area contributed by atoms with Crippen molar-refractivity contribution in [2.24, 2.45) is 0 Å². The van der Waals surface area contributed by atoms with Crippen molar-refractivity contribution in [3.05, 3.63) is 83.7 Å². The van der Waals surface area contributed by atoms with E-state index in [4.69, 9.17) is 9.47 Å². The molecule has 8 heteroatoms. The highest BCUT2D eigenvalue weighted by Crippen LogP contribution is 2.43. The van der Waals surface area contributed by atoms with Crippen LogP contribution >= 0.6 is 0 Å². The van der Waals surface area contributed by atoms with Crippen LogP contribution < -0.4 is 19.3 Å². The Morgan fingerprint density at radius 1 is 1.11 bits per heavy atom. The van der Waals surface area contributed by atoms with Crippen LogP contribution in [-0.4, -0.2) is 48.6 Å². The molecule has 1 N–H and O–H groups in total. The van der Waals surface area contributed by atoms with Crippen LogP contribution in [0.1, 0.15) is 24.1 Å². The van der Waals surface area contributed by atoms with Gasteiger partial charge in [-0.15, -0.1) is 0 Å². The number of hydrogen-bond donors (Lipinski definition) is 1. The summed E-state index contributed by atoms with van der Waals surface area (Å²) < 4.78 is 11.2. The smallest absolute Gasteiger partial charge is 0.300 e. The normalized spacial score (nSPS) is 18.9. The molecule has 0 saturated carbocycles. The lowest BCUT2D eigenvalue weighted by atomic mass is 9.95. The maximum atomic E-state index is 13.3. The third kappa shape index (κ3) is 3.97. The summed E-state index contributed by atoms with van der Waals surface area (Å²) in [4.78, 5) is 34.1. The Labute approximate surface area is 203 Å². The van der Waals surface area contributed by atoms with Crippen molar-refractivity contribution in [1.29, 1.82) is 0 Å². The highest BCUT2D eigenvalue weighted by molar-refractivity contribution is 6.51. The van der Waals surface area contributed by atoms with Crippen molar-refractivity contribution < 1.29 is 24.2 Å². The molecule has 1 saturated heterocycles. The minimum absolute atomic E-state index is 0.0226. The lowest BCUT2D eigenvalue weighted by Gasteiger charge is -2.28. The average Bonchev–Trinajstić information content (AvgIpc) is 3.15. The van der Waals surface area contributed by atoms with Crippen LogP contribution in [0.3, 0.4) is 0 Å². The van der Waals surface area contributed by atoms with E-state index < -0.39 is 17.7 Å². The summed E-state index contributed by atoms with van der Waals surface area (Å²) in [6.07, 6.45) is 3.19. The van der Waals surface area contributed by atoms with Crippen molar-refractivity contribution in [3.63, 3.8) is 0 Å². The van der Waals surface area contributed by atoms with Gasteiger partial charge in [-0.2, -0.15) is 0 Å². The van der Waals surface area contributed by atoms with Gasteiger partial charge in [0.15, 0.2) is 0 Å². The number of aromatic nitrogens is 1. The molecule has 1 fully saturated rings. The predicted molar refractivity (Wildman–Crippen MR) is 132 cm³/mol. The van der Waals surface area contributed by atoms with Crippen LogP contribution in [0, 0.1) is 0 Å². The van der Waals surface area contributed by atoms with Crippen LogP contribution in [0.4, 0.5) is 11.4 Å². The van der Waals surface area contributed by atoms with Crippen molar-refractivity contribution in [2.75, 3.05) is 36.6 Å². The third-order valence-corrected chi connectivity index (χ3v) is 6.22. The van der Waals surface area contributed by atoms with E-state index in [0.29, 0.717) is 48.1 Å². The molecule has 3 heterocycles. The first-order chi connectivity index (χ1) is 17.0. The van der Waals surface area contributed by atoms with E-state index in [2.05, 4.69) is 4.98 Å². The van der Waals surface area contributed by atoms with Crippen LogP contribution in [0.5, 0.6) is 11.5 Å². The molecule has 3 aromatic rings. The number of benzene rings is 2. The summed E-state index contributed by atoms with van der Waals surface area (Å²) in [5, 5.41) is 11.4. The zero-order valence-corrected chi connectivity index (χ0v) is 19.5. The molecule has 1 amide bonds. The Kier molecular flexibility index (Phi) is 5.86. The Morgan fingerprint density at radius 2 is 1.86 bits per heavy atom. The number of likely N-dealkylation sites (N-methyl/N-ethyl adjacent to an activating group) is 1. The van der Waals surface area contributed by atoms with E-state index in [1.54, 1.807) is 67.0 Å². The van der Waals surface area contributed by atoms with Crippen LogP contribution in [0.15, 0.2) is 72.6 Å². The lowest BCUT2D eigenvalue weighted by molar-refractivity contribution is -0.132. The van der Waals surface area contributed by atoms with E-state index in [1.165, 1.54) is 4.90 Å². The zero-order valence-electron chi connectivity index (χ0n) is 19.5. The fourth-order valence-corrected chi connectivity index (χ4v) is 4.48. The molecule has 1 atom stereocenters. The van der Waals surface area contributed by atoms with E-state index in [0.717, 1.165) is 5.69 Å². The quantitative estimate of drug-likeness (QED) is 0.342. The molecule has 2 aliphatic rings. The fraction of sp³-hybridized carbons (Fsp3) is 0.222. The average molecular weight is 472 g/mol. The molecule has 0 bridgehead atoms. The van der Waals surface area contributed by atoms with Crippen LogP contribution in [0.2, 0.25) is 0 Å². The second kappa shape index (κ2) is 9.13. The number of amides is 1. The minimum atomic E-state index is -0.819. The van der Waals surface area contributed by atoms with Crippen molar-refractivity contribution in [1.82, 2.24) is 4.98 Å². The van der Waals surface area contributed by atoms with E-state index in [1.807, 2.05) is 18.9 Å². The van der Waals surface area contributed by atoms with Crippen LogP contribution in [0.25, 0.3) is 5.76 Å². The summed E-state index contributed by atoms with van der Waals surface area (Å²) >= 11 is 0. The number of fused-ring (bicyclic) bond motifs is 1. The molecular formula is C27H25N3O5. The predicted octanol–water partition coefficient (Wildman–Crippen LogP) is 3.94. The highest BCUT2D eigenvalue weighted by Gasteiger charge is 2.47.